The third kappa shape index (κ3) is 3.53. The first kappa shape index (κ1) is 16.6. The average Bonchev–Trinajstić information content (AvgIpc) is 3.23. The fourth-order valence-corrected chi connectivity index (χ4v) is 4.96. The van der Waals surface area contributed by atoms with Crippen LogP contribution in [0.1, 0.15) is 63.1 Å². The summed E-state index contributed by atoms with van der Waals surface area (Å²) in [6, 6.07) is 0.970. The number of aromatic nitrogens is 2. The highest BCUT2D eigenvalue weighted by molar-refractivity contribution is 5.03. The van der Waals surface area contributed by atoms with Crippen LogP contribution in [-0.2, 0) is 6.54 Å². The maximum Gasteiger partial charge on any atom is 0.0951 e. The number of β-amino-alcohol motifs (C(OH)–C–C–N with tert-alkyl or cyclic N) is 1. The molecule has 0 bridgehead atoms. The number of aliphatic hydroxyl groups excluding tert-OH is 1. The van der Waals surface area contributed by atoms with Crippen LogP contribution in [0.3, 0.4) is 0 Å². The van der Waals surface area contributed by atoms with Crippen LogP contribution in [0, 0.1) is 0 Å². The van der Waals surface area contributed by atoms with Crippen molar-refractivity contribution in [2.75, 3.05) is 26.2 Å². The van der Waals surface area contributed by atoms with Gasteiger partial charge in [0.05, 0.1) is 18.1 Å². The molecule has 2 aliphatic heterocycles. The van der Waals surface area contributed by atoms with E-state index in [-0.39, 0.29) is 6.10 Å². The number of piperidine rings is 1. The van der Waals surface area contributed by atoms with Crippen LogP contribution in [0.2, 0.25) is 0 Å². The Bertz CT molecular complexity index is 519. The normalized spacial score (nSPS) is 30.9. The summed E-state index contributed by atoms with van der Waals surface area (Å²) in [7, 11) is 0. The first-order valence-electron chi connectivity index (χ1n) is 9.96. The predicted molar refractivity (Wildman–Crippen MR) is 94.8 cm³/mol. The third-order valence-corrected chi connectivity index (χ3v) is 6.29. The molecule has 1 aromatic heterocycles. The molecule has 3 aliphatic rings. The van der Waals surface area contributed by atoms with Gasteiger partial charge in [-0.05, 0) is 38.8 Å². The van der Waals surface area contributed by atoms with Crippen molar-refractivity contribution in [2.24, 2.45) is 0 Å². The quantitative estimate of drug-likeness (QED) is 0.920. The summed E-state index contributed by atoms with van der Waals surface area (Å²) in [5.74, 6) is 0. The van der Waals surface area contributed by atoms with Gasteiger partial charge in [0.1, 0.15) is 0 Å². The SMILES string of the molecule is O[C@@H]1CN(Cc2cncn2C2CCCCC2)C[C@H]1N1CCCCC1. The highest BCUT2D eigenvalue weighted by Crippen LogP contribution is 2.30. The first-order chi connectivity index (χ1) is 11.8. The number of nitrogens with zero attached hydrogens (tertiary/aromatic N) is 4. The van der Waals surface area contributed by atoms with Crippen molar-refractivity contribution in [1.82, 2.24) is 19.4 Å². The van der Waals surface area contributed by atoms with E-state index < -0.39 is 0 Å². The minimum absolute atomic E-state index is 0.200. The lowest BCUT2D eigenvalue weighted by Gasteiger charge is -2.33. The van der Waals surface area contributed by atoms with E-state index in [1.165, 1.54) is 57.1 Å². The van der Waals surface area contributed by atoms with Gasteiger partial charge >= 0.3 is 0 Å². The van der Waals surface area contributed by atoms with Gasteiger partial charge in [-0.15, -0.1) is 0 Å². The number of rotatable bonds is 4. The van der Waals surface area contributed by atoms with Gasteiger partial charge in [-0.25, -0.2) is 4.98 Å². The number of hydrogen-bond donors (Lipinski definition) is 1. The van der Waals surface area contributed by atoms with E-state index in [0.29, 0.717) is 12.1 Å². The molecule has 4 rings (SSSR count). The van der Waals surface area contributed by atoms with E-state index in [4.69, 9.17) is 0 Å². The van der Waals surface area contributed by atoms with Crippen LogP contribution >= 0.6 is 0 Å². The summed E-state index contributed by atoms with van der Waals surface area (Å²) in [4.78, 5) is 9.38. The number of imidazole rings is 1. The van der Waals surface area contributed by atoms with Gasteiger partial charge in [0.25, 0.3) is 0 Å². The highest BCUT2D eigenvalue weighted by atomic mass is 16.3. The molecule has 3 heterocycles. The molecule has 0 unspecified atom stereocenters. The van der Waals surface area contributed by atoms with Crippen LogP contribution in [0.5, 0.6) is 0 Å². The minimum Gasteiger partial charge on any atom is -0.390 e. The molecule has 24 heavy (non-hydrogen) atoms. The maximum atomic E-state index is 10.6. The molecule has 1 N–H and O–H groups in total. The third-order valence-electron chi connectivity index (χ3n) is 6.29. The second-order valence-electron chi connectivity index (χ2n) is 8.01. The molecule has 3 fully saturated rings. The molecule has 1 aliphatic carbocycles. The standard InChI is InChI=1S/C19H32N4O/c24-19-14-21(13-18(19)22-9-5-2-6-10-22)12-17-11-20-15-23(17)16-7-3-1-4-8-16/h11,15-16,18-19,24H,1-10,12-14H2/t18-,19-/m1/s1. The van der Waals surface area contributed by atoms with Crippen molar-refractivity contribution in [3.05, 3.63) is 18.2 Å². The lowest BCUT2D eigenvalue weighted by Crippen LogP contribution is -2.45. The van der Waals surface area contributed by atoms with Gasteiger partial charge in [0.2, 0.25) is 0 Å². The van der Waals surface area contributed by atoms with Crippen molar-refractivity contribution in [3.63, 3.8) is 0 Å². The molecule has 5 nitrogen and oxygen atoms in total. The van der Waals surface area contributed by atoms with E-state index >= 15 is 0 Å². The zero-order valence-corrected chi connectivity index (χ0v) is 14.8. The summed E-state index contributed by atoms with van der Waals surface area (Å²) in [5.41, 5.74) is 1.33. The molecule has 1 aromatic rings. The second-order valence-corrected chi connectivity index (χ2v) is 8.01. The Balaban J connectivity index is 1.38. The van der Waals surface area contributed by atoms with Crippen LogP contribution < -0.4 is 0 Å². The Morgan fingerprint density at radius 1 is 1.00 bits per heavy atom. The molecule has 0 radical (unpaired) electrons. The van der Waals surface area contributed by atoms with E-state index in [1.54, 1.807) is 0 Å². The van der Waals surface area contributed by atoms with Gasteiger partial charge < -0.3 is 9.67 Å². The van der Waals surface area contributed by atoms with Crippen molar-refractivity contribution in [2.45, 2.75) is 76.1 Å². The minimum atomic E-state index is -0.200. The van der Waals surface area contributed by atoms with Crippen molar-refractivity contribution in [3.8, 4) is 0 Å². The summed E-state index contributed by atoms with van der Waals surface area (Å²) >= 11 is 0. The molecule has 134 valence electrons. The maximum absolute atomic E-state index is 10.6. The van der Waals surface area contributed by atoms with Crippen LogP contribution in [0.25, 0.3) is 0 Å². The predicted octanol–water partition coefficient (Wildman–Crippen LogP) is 2.42. The van der Waals surface area contributed by atoms with Gasteiger partial charge in [0.15, 0.2) is 0 Å². The van der Waals surface area contributed by atoms with Crippen molar-refractivity contribution >= 4 is 0 Å². The highest BCUT2D eigenvalue weighted by Gasteiger charge is 2.36. The van der Waals surface area contributed by atoms with Gasteiger partial charge in [0, 0.05) is 37.9 Å². The van der Waals surface area contributed by atoms with E-state index in [2.05, 4.69) is 19.4 Å². The van der Waals surface area contributed by atoms with Crippen LogP contribution in [0.4, 0.5) is 0 Å². The topological polar surface area (TPSA) is 44.5 Å². The molecule has 5 heteroatoms. The Morgan fingerprint density at radius 3 is 2.54 bits per heavy atom. The van der Waals surface area contributed by atoms with Crippen molar-refractivity contribution < 1.29 is 5.11 Å². The van der Waals surface area contributed by atoms with E-state index in [1.807, 2.05) is 12.5 Å². The Kier molecular flexibility index (Phi) is 5.20. The fraction of sp³-hybridized carbons (Fsp3) is 0.842. The Hall–Kier alpha value is -0.910. The molecule has 0 spiro atoms. The monoisotopic (exact) mass is 332 g/mol. The number of likely N-dealkylation sites (tertiary alicyclic amines) is 2. The molecule has 1 saturated carbocycles. The molecule has 2 saturated heterocycles. The smallest absolute Gasteiger partial charge is 0.0951 e. The number of aliphatic hydroxyl groups is 1. The lowest BCUT2D eigenvalue weighted by molar-refractivity contribution is 0.0706. The summed E-state index contributed by atoms with van der Waals surface area (Å²) in [6.07, 6.45) is 14.5. The first-order valence-corrected chi connectivity index (χ1v) is 9.96. The van der Waals surface area contributed by atoms with Crippen LogP contribution in [-0.4, -0.2) is 62.8 Å². The Morgan fingerprint density at radius 2 is 1.75 bits per heavy atom. The second kappa shape index (κ2) is 7.54. The fourth-order valence-electron chi connectivity index (χ4n) is 4.96. The van der Waals surface area contributed by atoms with Crippen molar-refractivity contribution in [1.29, 1.82) is 0 Å². The summed E-state index contributed by atoms with van der Waals surface area (Å²) < 4.78 is 2.42. The summed E-state index contributed by atoms with van der Waals surface area (Å²) in [6.45, 7) is 5.05. The average molecular weight is 332 g/mol. The van der Waals surface area contributed by atoms with Crippen LogP contribution in [0.15, 0.2) is 12.5 Å². The molecular formula is C19H32N4O. The molecule has 2 atom stereocenters. The zero-order valence-electron chi connectivity index (χ0n) is 14.8. The Labute approximate surface area is 145 Å². The largest absolute Gasteiger partial charge is 0.390 e. The van der Waals surface area contributed by atoms with Gasteiger partial charge in [-0.1, -0.05) is 25.7 Å². The zero-order chi connectivity index (χ0) is 16.4. The van der Waals surface area contributed by atoms with E-state index in [0.717, 1.165) is 32.7 Å². The van der Waals surface area contributed by atoms with E-state index in [9.17, 15) is 5.11 Å². The van der Waals surface area contributed by atoms with Gasteiger partial charge in [-0.3, -0.25) is 9.80 Å². The van der Waals surface area contributed by atoms with Gasteiger partial charge in [-0.2, -0.15) is 0 Å². The molecular weight excluding hydrogens is 300 g/mol. The lowest BCUT2D eigenvalue weighted by atomic mass is 9.95. The molecule has 0 aromatic carbocycles. The number of hydrogen-bond acceptors (Lipinski definition) is 4. The molecule has 0 amide bonds. The summed E-state index contributed by atoms with van der Waals surface area (Å²) in [5, 5.41) is 10.6.